The Bertz CT molecular complexity index is 485. The van der Waals surface area contributed by atoms with Crippen LogP contribution in [-0.4, -0.2) is 59.1 Å². The molecule has 3 rings (SSSR count). The molecule has 0 unspecified atom stereocenters. The number of likely N-dealkylation sites (tertiary alicyclic amines) is 1. The van der Waals surface area contributed by atoms with Crippen LogP contribution in [0.15, 0.2) is 16.8 Å². The van der Waals surface area contributed by atoms with Gasteiger partial charge in [0.1, 0.15) is 0 Å². The first-order chi connectivity index (χ1) is 10.7. The van der Waals surface area contributed by atoms with Gasteiger partial charge in [0.25, 0.3) is 0 Å². The van der Waals surface area contributed by atoms with E-state index in [1.165, 1.54) is 12.8 Å². The summed E-state index contributed by atoms with van der Waals surface area (Å²) in [4.78, 5) is 16.7. The van der Waals surface area contributed by atoms with E-state index in [0.717, 1.165) is 37.9 Å². The highest BCUT2D eigenvalue weighted by atomic mass is 32.1. The smallest absolute Gasteiger partial charge is 0.227 e. The van der Waals surface area contributed by atoms with Gasteiger partial charge in [0.15, 0.2) is 0 Å². The molecule has 122 valence electrons. The van der Waals surface area contributed by atoms with Crippen molar-refractivity contribution < 1.29 is 9.90 Å². The minimum absolute atomic E-state index is 0.0366. The van der Waals surface area contributed by atoms with E-state index in [2.05, 4.69) is 4.90 Å². The number of hydrogen-bond donors (Lipinski definition) is 1. The minimum Gasteiger partial charge on any atom is -0.389 e. The van der Waals surface area contributed by atoms with Crippen LogP contribution < -0.4 is 0 Å². The summed E-state index contributed by atoms with van der Waals surface area (Å²) in [6.45, 7) is 2.20. The first kappa shape index (κ1) is 16.0. The van der Waals surface area contributed by atoms with Crippen LogP contribution in [0.25, 0.3) is 0 Å². The fourth-order valence-corrected chi connectivity index (χ4v) is 4.57. The predicted octanol–water partition coefficient (Wildman–Crippen LogP) is 2.13. The van der Waals surface area contributed by atoms with Gasteiger partial charge in [0.05, 0.1) is 18.6 Å². The van der Waals surface area contributed by atoms with Gasteiger partial charge in [0.2, 0.25) is 5.91 Å². The second-order valence-electron chi connectivity index (χ2n) is 6.61. The highest BCUT2D eigenvalue weighted by Crippen LogP contribution is 2.29. The molecule has 1 aliphatic carbocycles. The largest absolute Gasteiger partial charge is 0.389 e. The summed E-state index contributed by atoms with van der Waals surface area (Å²) in [7, 11) is 1.86. The lowest BCUT2D eigenvalue weighted by Gasteiger charge is -2.43. The van der Waals surface area contributed by atoms with E-state index < -0.39 is 6.10 Å². The minimum atomic E-state index is -0.414. The van der Waals surface area contributed by atoms with E-state index in [1.54, 1.807) is 16.2 Å². The summed E-state index contributed by atoms with van der Waals surface area (Å²) in [5.74, 6) is 0.115. The Morgan fingerprint density at radius 3 is 2.82 bits per heavy atom. The summed E-state index contributed by atoms with van der Waals surface area (Å²) >= 11 is 1.62. The van der Waals surface area contributed by atoms with Crippen LogP contribution in [0.1, 0.15) is 37.7 Å². The monoisotopic (exact) mass is 322 g/mol. The van der Waals surface area contributed by atoms with Crippen molar-refractivity contribution >= 4 is 17.2 Å². The molecule has 22 heavy (non-hydrogen) atoms. The number of aliphatic hydroxyl groups excluding tert-OH is 1. The van der Waals surface area contributed by atoms with E-state index in [4.69, 9.17) is 0 Å². The quantitative estimate of drug-likeness (QED) is 0.923. The second kappa shape index (κ2) is 7.11. The Morgan fingerprint density at radius 1 is 1.36 bits per heavy atom. The average Bonchev–Trinajstić information content (AvgIpc) is 3.20. The molecule has 1 saturated heterocycles. The molecule has 0 radical (unpaired) electrons. The van der Waals surface area contributed by atoms with E-state index in [0.29, 0.717) is 6.42 Å². The van der Waals surface area contributed by atoms with Crippen LogP contribution in [0.3, 0.4) is 0 Å². The van der Waals surface area contributed by atoms with E-state index in [1.807, 2.05) is 23.9 Å². The third-order valence-electron chi connectivity index (χ3n) is 5.22. The van der Waals surface area contributed by atoms with Gasteiger partial charge in [-0.3, -0.25) is 9.69 Å². The highest BCUT2D eigenvalue weighted by molar-refractivity contribution is 7.07. The average molecular weight is 322 g/mol. The highest BCUT2D eigenvalue weighted by Gasteiger charge is 2.39. The summed E-state index contributed by atoms with van der Waals surface area (Å²) in [5.41, 5.74) is 1.07. The maximum Gasteiger partial charge on any atom is 0.227 e. The lowest BCUT2D eigenvalue weighted by atomic mass is 9.86. The topological polar surface area (TPSA) is 43.8 Å². The van der Waals surface area contributed by atoms with E-state index in [9.17, 15) is 9.90 Å². The zero-order chi connectivity index (χ0) is 15.5. The summed E-state index contributed by atoms with van der Waals surface area (Å²) in [5, 5.41) is 14.8. The molecule has 1 aromatic heterocycles. The fraction of sp³-hybridized carbons (Fsp3) is 0.706. The molecule has 2 heterocycles. The number of amides is 1. The van der Waals surface area contributed by atoms with Gasteiger partial charge in [0, 0.05) is 13.1 Å². The molecule has 1 aromatic rings. The van der Waals surface area contributed by atoms with Crippen molar-refractivity contribution in [2.24, 2.45) is 0 Å². The number of rotatable bonds is 4. The fourth-order valence-electron chi connectivity index (χ4n) is 3.91. The predicted molar refractivity (Wildman–Crippen MR) is 89.0 cm³/mol. The van der Waals surface area contributed by atoms with Gasteiger partial charge in [-0.2, -0.15) is 11.3 Å². The Morgan fingerprint density at radius 2 is 2.14 bits per heavy atom. The maximum absolute atomic E-state index is 12.5. The first-order valence-electron chi connectivity index (χ1n) is 8.35. The van der Waals surface area contributed by atoms with E-state index >= 15 is 0 Å². The van der Waals surface area contributed by atoms with Gasteiger partial charge >= 0.3 is 0 Å². The van der Waals surface area contributed by atoms with Crippen LogP contribution in [0.2, 0.25) is 0 Å². The Labute approximate surface area is 136 Å². The standard InChI is InChI=1S/C17H26N2O2S/c1-18(16(20)11-13-7-10-22-12-13)14-5-4-6-15(17(14)21)19-8-2-3-9-19/h7,10,12,14-15,17,21H,2-6,8-9,11H2,1H3/t14-,15-,17-/m1/s1. The molecule has 1 aliphatic heterocycles. The Balaban J connectivity index is 1.63. The number of hydrogen-bond acceptors (Lipinski definition) is 4. The van der Waals surface area contributed by atoms with Crippen LogP contribution in [-0.2, 0) is 11.2 Å². The molecule has 1 saturated carbocycles. The maximum atomic E-state index is 12.5. The van der Waals surface area contributed by atoms with Gasteiger partial charge in [-0.15, -0.1) is 0 Å². The molecule has 2 fully saturated rings. The molecule has 0 spiro atoms. The molecular weight excluding hydrogens is 296 g/mol. The molecule has 4 nitrogen and oxygen atoms in total. The van der Waals surface area contributed by atoms with Crippen LogP contribution in [0, 0.1) is 0 Å². The number of thiophene rings is 1. The number of nitrogens with zero attached hydrogens (tertiary/aromatic N) is 2. The molecule has 3 atom stereocenters. The lowest BCUT2D eigenvalue weighted by molar-refractivity contribution is -0.136. The molecule has 0 bridgehead atoms. The zero-order valence-corrected chi connectivity index (χ0v) is 14.1. The van der Waals surface area contributed by atoms with Gasteiger partial charge in [-0.05, 0) is 67.6 Å². The van der Waals surface area contributed by atoms with Crippen molar-refractivity contribution in [3.8, 4) is 0 Å². The van der Waals surface area contributed by atoms with Crippen molar-refractivity contribution in [3.05, 3.63) is 22.4 Å². The van der Waals surface area contributed by atoms with Gasteiger partial charge < -0.3 is 10.0 Å². The molecule has 1 N–H and O–H groups in total. The summed E-state index contributed by atoms with van der Waals surface area (Å²) in [6, 6.07) is 2.20. The van der Waals surface area contributed by atoms with Gasteiger partial charge in [-0.25, -0.2) is 0 Å². The molecule has 0 aromatic carbocycles. The SMILES string of the molecule is CN(C(=O)Cc1ccsc1)[C@@H]1CCC[C@@H](N2CCCC2)[C@@H]1O. The van der Waals surface area contributed by atoms with Crippen molar-refractivity contribution in [2.75, 3.05) is 20.1 Å². The van der Waals surface area contributed by atoms with Crippen LogP contribution >= 0.6 is 11.3 Å². The third-order valence-corrected chi connectivity index (χ3v) is 5.96. The number of carbonyl (C=O) groups excluding carboxylic acids is 1. The second-order valence-corrected chi connectivity index (χ2v) is 7.39. The molecular formula is C17H26N2O2S. The molecule has 1 amide bonds. The summed E-state index contributed by atoms with van der Waals surface area (Å²) < 4.78 is 0. The Kier molecular flexibility index (Phi) is 5.16. The van der Waals surface area contributed by atoms with Crippen molar-refractivity contribution in [1.29, 1.82) is 0 Å². The Hall–Kier alpha value is -0.910. The van der Waals surface area contributed by atoms with Gasteiger partial charge in [-0.1, -0.05) is 0 Å². The van der Waals surface area contributed by atoms with Crippen LogP contribution in [0.4, 0.5) is 0 Å². The van der Waals surface area contributed by atoms with E-state index in [-0.39, 0.29) is 18.0 Å². The molecule has 2 aliphatic rings. The van der Waals surface area contributed by atoms with Crippen molar-refractivity contribution in [1.82, 2.24) is 9.80 Å². The normalized spacial score (nSPS) is 29.6. The third kappa shape index (κ3) is 3.36. The zero-order valence-electron chi connectivity index (χ0n) is 13.3. The van der Waals surface area contributed by atoms with Crippen molar-refractivity contribution in [3.63, 3.8) is 0 Å². The van der Waals surface area contributed by atoms with Crippen LogP contribution in [0.5, 0.6) is 0 Å². The number of aliphatic hydroxyl groups is 1. The van der Waals surface area contributed by atoms with Crippen molar-refractivity contribution in [2.45, 2.75) is 56.7 Å². The molecule has 5 heteroatoms. The lowest BCUT2D eigenvalue weighted by Crippen LogP contribution is -2.56. The number of carbonyl (C=O) groups is 1. The number of likely N-dealkylation sites (N-methyl/N-ethyl adjacent to an activating group) is 1. The summed E-state index contributed by atoms with van der Waals surface area (Å²) in [6.07, 6.45) is 5.57. The first-order valence-corrected chi connectivity index (χ1v) is 9.30.